The van der Waals surface area contributed by atoms with Crippen LogP contribution in [-0.2, 0) is 4.79 Å². The SMILES string of the molecule is CC(N)CCCC(C)C(=O)N(C)CCCCCO. The summed E-state index contributed by atoms with van der Waals surface area (Å²) in [4.78, 5) is 13.8. The minimum atomic E-state index is 0.0894. The van der Waals surface area contributed by atoms with E-state index in [1.807, 2.05) is 25.8 Å². The van der Waals surface area contributed by atoms with E-state index in [9.17, 15) is 4.79 Å². The molecule has 2 atom stereocenters. The number of aliphatic hydroxyl groups excluding tert-OH is 1. The predicted molar refractivity (Wildman–Crippen MR) is 75.2 cm³/mol. The summed E-state index contributed by atoms with van der Waals surface area (Å²) in [6, 6.07) is 0.225. The van der Waals surface area contributed by atoms with Gasteiger partial charge in [-0.15, -0.1) is 0 Å². The average Bonchev–Trinajstić information content (AvgIpc) is 2.32. The van der Waals surface area contributed by atoms with Crippen LogP contribution < -0.4 is 5.73 Å². The summed E-state index contributed by atoms with van der Waals surface area (Å²) < 4.78 is 0. The first-order chi connectivity index (χ1) is 8.49. The van der Waals surface area contributed by atoms with Crippen LogP contribution in [0.25, 0.3) is 0 Å². The third kappa shape index (κ3) is 8.48. The summed E-state index contributed by atoms with van der Waals surface area (Å²) in [5.74, 6) is 0.315. The van der Waals surface area contributed by atoms with Crippen molar-refractivity contribution in [2.45, 2.75) is 58.4 Å². The molecule has 4 nitrogen and oxygen atoms in total. The van der Waals surface area contributed by atoms with Gasteiger partial charge in [0.1, 0.15) is 0 Å². The molecule has 108 valence electrons. The lowest BCUT2D eigenvalue weighted by molar-refractivity contribution is -0.133. The minimum absolute atomic E-state index is 0.0894. The first-order valence-corrected chi connectivity index (χ1v) is 7.10. The molecule has 0 aromatic carbocycles. The molecule has 0 aliphatic carbocycles. The molecule has 0 heterocycles. The van der Waals surface area contributed by atoms with Crippen LogP contribution in [0, 0.1) is 5.92 Å². The molecule has 0 spiro atoms. The van der Waals surface area contributed by atoms with Gasteiger partial charge in [-0.3, -0.25) is 4.79 Å². The number of unbranched alkanes of at least 4 members (excludes halogenated alkanes) is 2. The van der Waals surface area contributed by atoms with Gasteiger partial charge in [0.25, 0.3) is 0 Å². The monoisotopic (exact) mass is 258 g/mol. The first kappa shape index (κ1) is 17.4. The maximum Gasteiger partial charge on any atom is 0.225 e. The second-order valence-corrected chi connectivity index (χ2v) is 5.35. The van der Waals surface area contributed by atoms with Gasteiger partial charge in [-0.05, 0) is 39.0 Å². The molecule has 0 fully saturated rings. The highest BCUT2D eigenvalue weighted by atomic mass is 16.2. The van der Waals surface area contributed by atoms with Gasteiger partial charge in [-0.1, -0.05) is 13.3 Å². The van der Waals surface area contributed by atoms with Gasteiger partial charge in [0.2, 0.25) is 5.91 Å². The van der Waals surface area contributed by atoms with Gasteiger partial charge in [0.15, 0.2) is 0 Å². The Morgan fingerprint density at radius 2 is 1.83 bits per heavy atom. The Morgan fingerprint density at radius 1 is 1.17 bits per heavy atom. The predicted octanol–water partition coefficient (Wildman–Crippen LogP) is 1.76. The van der Waals surface area contributed by atoms with E-state index < -0.39 is 0 Å². The summed E-state index contributed by atoms with van der Waals surface area (Å²) in [5.41, 5.74) is 5.69. The van der Waals surface area contributed by atoms with Crippen molar-refractivity contribution in [1.29, 1.82) is 0 Å². The quantitative estimate of drug-likeness (QED) is 0.587. The van der Waals surface area contributed by atoms with Gasteiger partial charge in [0.05, 0.1) is 0 Å². The number of aliphatic hydroxyl groups is 1. The van der Waals surface area contributed by atoms with Crippen molar-refractivity contribution < 1.29 is 9.90 Å². The molecule has 0 aromatic rings. The van der Waals surface area contributed by atoms with E-state index in [-0.39, 0.29) is 24.5 Å². The average molecular weight is 258 g/mol. The molecule has 3 N–H and O–H groups in total. The van der Waals surface area contributed by atoms with Crippen molar-refractivity contribution in [1.82, 2.24) is 4.90 Å². The summed E-state index contributed by atoms with van der Waals surface area (Å²) in [6.45, 7) is 5.02. The number of carbonyl (C=O) groups excluding carboxylic acids is 1. The van der Waals surface area contributed by atoms with Crippen molar-refractivity contribution in [2.75, 3.05) is 20.2 Å². The molecular weight excluding hydrogens is 228 g/mol. The van der Waals surface area contributed by atoms with E-state index in [1.165, 1.54) is 0 Å². The van der Waals surface area contributed by atoms with Crippen LogP contribution in [0.2, 0.25) is 0 Å². The highest BCUT2D eigenvalue weighted by molar-refractivity contribution is 5.78. The first-order valence-electron chi connectivity index (χ1n) is 7.10. The minimum Gasteiger partial charge on any atom is -0.396 e. The Balaban J connectivity index is 3.75. The Hall–Kier alpha value is -0.610. The second-order valence-electron chi connectivity index (χ2n) is 5.35. The zero-order valence-corrected chi connectivity index (χ0v) is 12.2. The lowest BCUT2D eigenvalue weighted by Gasteiger charge is -2.21. The van der Waals surface area contributed by atoms with Crippen molar-refractivity contribution in [3.63, 3.8) is 0 Å². The van der Waals surface area contributed by atoms with Crippen LogP contribution in [-0.4, -0.2) is 42.2 Å². The van der Waals surface area contributed by atoms with Crippen molar-refractivity contribution >= 4 is 5.91 Å². The van der Waals surface area contributed by atoms with Gasteiger partial charge in [-0.2, -0.15) is 0 Å². The largest absolute Gasteiger partial charge is 0.396 e. The molecule has 0 aliphatic rings. The molecule has 0 saturated heterocycles. The zero-order valence-electron chi connectivity index (χ0n) is 12.2. The van der Waals surface area contributed by atoms with Crippen molar-refractivity contribution in [3.05, 3.63) is 0 Å². The summed E-state index contributed by atoms with van der Waals surface area (Å²) in [7, 11) is 1.86. The second kappa shape index (κ2) is 10.3. The smallest absolute Gasteiger partial charge is 0.225 e. The highest BCUT2D eigenvalue weighted by Crippen LogP contribution is 2.12. The van der Waals surface area contributed by atoms with Crippen LogP contribution in [0.5, 0.6) is 0 Å². The van der Waals surface area contributed by atoms with Crippen LogP contribution in [0.4, 0.5) is 0 Å². The van der Waals surface area contributed by atoms with Gasteiger partial charge in [0, 0.05) is 32.2 Å². The Morgan fingerprint density at radius 3 is 2.39 bits per heavy atom. The Labute approximate surface area is 112 Å². The fourth-order valence-electron chi connectivity index (χ4n) is 1.99. The number of nitrogens with two attached hydrogens (primary N) is 1. The fraction of sp³-hybridized carbons (Fsp3) is 0.929. The van der Waals surface area contributed by atoms with E-state index in [1.54, 1.807) is 0 Å². The van der Waals surface area contributed by atoms with E-state index in [2.05, 4.69) is 0 Å². The summed E-state index contributed by atoms with van der Waals surface area (Å²) >= 11 is 0. The maximum absolute atomic E-state index is 12.0. The molecule has 4 heteroatoms. The lowest BCUT2D eigenvalue weighted by atomic mass is 10.0. The molecule has 18 heavy (non-hydrogen) atoms. The molecule has 0 bridgehead atoms. The van der Waals surface area contributed by atoms with Crippen LogP contribution in [0.3, 0.4) is 0 Å². The van der Waals surface area contributed by atoms with E-state index >= 15 is 0 Å². The van der Waals surface area contributed by atoms with E-state index in [0.717, 1.165) is 45.1 Å². The topological polar surface area (TPSA) is 66.6 Å². The van der Waals surface area contributed by atoms with Gasteiger partial charge in [-0.25, -0.2) is 0 Å². The fourth-order valence-corrected chi connectivity index (χ4v) is 1.99. The molecule has 0 saturated carbocycles. The summed E-state index contributed by atoms with van der Waals surface area (Å²) in [5, 5.41) is 8.68. The molecule has 0 rings (SSSR count). The molecule has 2 unspecified atom stereocenters. The number of rotatable bonds is 10. The van der Waals surface area contributed by atoms with Crippen LogP contribution in [0.15, 0.2) is 0 Å². The number of amides is 1. The standard InChI is InChI=1S/C14H30N2O2/c1-12(8-7-9-13(2)15)14(18)16(3)10-5-4-6-11-17/h12-13,17H,4-11,15H2,1-3H3. The molecule has 1 amide bonds. The van der Waals surface area contributed by atoms with Gasteiger partial charge < -0.3 is 15.7 Å². The molecule has 0 aromatic heterocycles. The number of hydrogen-bond donors (Lipinski definition) is 2. The number of carbonyl (C=O) groups is 1. The van der Waals surface area contributed by atoms with Gasteiger partial charge >= 0.3 is 0 Å². The molecular formula is C14H30N2O2. The Kier molecular flexibility index (Phi) is 9.98. The van der Waals surface area contributed by atoms with Crippen LogP contribution >= 0.6 is 0 Å². The van der Waals surface area contributed by atoms with Crippen molar-refractivity contribution in [2.24, 2.45) is 11.7 Å². The number of nitrogens with zero attached hydrogens (tertiary/aromatic N) is 1. The lowest BCUT2D eigenvalue weighted by Crippen LogP contribution is -2.32. The van der Waals surface area contributed by atoms with E-state index in [0.29, 0.717) is 0 Å². The summed E-state index contributed by atoms with van der Waals surface area (Å²) in [6.07, 6.45) is 5.69. The van der Waals surface area contributed by atoms with Crippen molar-refractivity contribution in [3.8, 4) is 0 Å². The van der Waals surface area contributed by atoms with Crippen LogP contribution in [0.1, 0.15) is 52.4 Å². The molecule has 0 aliphatic heterocycles. The third-order valence-electron chi connectivity index (χ3n) is 3.25. The maximum atomic E-state index is 12.0. The van der Waals surface area contributed by atoms with E-state index in [4.69, 9.17) is 10.8 Å². The highest BCUT2D eigenvalue weighted by Gasteiger charge is 2.16. The Bertz CT molecular complexity index is 220. The zero-order chi connectivity index (χ0) is 14.0. The molecule has 0 radical (unpaired) electrons. The number of hydrogen-bond acceptors (Lipinski definition) is 3. The normalized spacial score (nSPS) is 14.3. The third-order valence-corrected chi connectivity index (χ3v) is 3.25.